The molecule has 0 amide bonds. The quantitative estimate of drug-likeness (QED) is 0.800. The van der Waals surface area contributed by atoms with E-state index < -0.39 is 0 Å². The van der Waals surface area contributed by atoms with E-state index in [-0.39, 0.29) is 5.82 Å². The fraction of sp³-hybridized carbons (Fsp3) is 0.500. The maximum atomic E-state index is 12.8. The molecule has 1 N–H and O–H groups in total. The van der Waals surface area contributed by atoms with Crippen LogP contribution in [0.1, 0.15) is 24.9 Å². The Hall–Kier alpha value is -0.540. The molecule has 0 radical (unpaired) electrons. The Bertz CT molecular complexity index is 273. The Morgan fingerprint density at radius 3 is 2.53 bits per heavy atom. The van der Waals surface area contributed by atoms with E-state index in [0.717, 1.165) is 18.7 Å². The van der Waals surface area contributed by atoms with Crippen LogP contribution in [0.3, 0.4) is 0 Å². The van der Waals surface area contributed by atoms with Crippen LogP contribution in [0.2, 0.25) is 0 Å². The fourth-order valence-electron chi connectivity index (χ4n) is 1.56. The van der Waals surface area contributed by atoms with Crippen molar-refractivity contribution in [1.82, 2.24) is 5.32 Å². The second-order valence-electron chi connectivity index (χ2n) is 3.44. The van der Waals surface area contributed by atoms with Crippen LogP contribution in [-0.2, 0) is 0 Å². The van der Waals surface area contributed by atoms with Crippen molar-refractivity contribution in [2.75, 3.05) is 18.6 Å². The van der Waals surface area contributed by atoms with Crippen molar-refractivity contribution < 1.29 is 4.39 Å². The van der Waals surface area contributed by atoms with E-state index in [9.17, 15) is 4.39 Å². The first kappa shape index (κ1) is 12.5. The molecule has 84 valence electrons. The van der Waals surface area contributed by atoms with Crippen molar-refractivity contribution in [2.24, 2.45) is 0 Å². The predicted molar refractivity (Wildman–Crippen MR) is 65.8 cm³/mol. The van der Waals surface area contributed by atoms with Gasteiger partial charge in [-0.1, -0.05) is 19.1 Å². The lowest BCUT2D eigenvalue weighted by Gasteiger charge is -2.17. The van der Waals surface area contributed by atoms with Gasteiger partial charge in [-0.2, -0.15) is 11.8 Å². The molecule has 0 bridgehead atoms. The lowest BCUT2D eigenvalue weighted by atomic mass is 10.0. The summed E-state index contributed by atoms with van der Waals surface area (Å²) in [6.45, 7) is 3.03. The number of rotatable bonds is 6. The van der Waals surface area contributed by atoms with Crippen LogP contribution in [-0.4, -0.2) is 18.6 Å². The fourth-order valence-corrected chi connectivity index (χ4v) is 2.04. The molecule has 0 aliphatic heterocycles. The largest absolute Gasteiger partial charge is 0.310 e. The third-order valence-electron chi connectivity index (χ3n) is 2.33. The normalized spacial score (nSPS) is 12.7. The third kappa shape index (κ3) is 4.22. The number of halogens is 1. The second kappa shape index (κ2) is 6.85. The first-order chi connectivity index (χ1) is 7.27. The smallest absolute Gasteiger partial charge is 0.123 e. The zero-order valence-electron chi connectivity index (χ0n) is 9.29. The molecule has 1 rings (SSSR count). The summed E-state index contributed by atoms with van der Waals surface area (Å²) in [4.78, 5) is 0. The number of benzene rings is 1. The van der Waals surface area contributed by atoms with Crippen LogP contribution in [0.4, 0.5) is 4.39 Å². The second-order valence-corrected chi connectivity index (χ2v) is 4.43. The third-order valence-corrected chi connectivity index (χ3v) is 2.98. The summed E-state index contributed by atoms with van der Waals surface area (Å²) >= 11 is 1.84. The van der Waals surface area contributed by atoms with Crippen molar-refractivity contribution in [3.63, 3.8) is 0 Å². The van der Waals surface area contributed by atoms with Crippen molar-refractivity contribution in [1.29, 1.82) is 0 Å². The summed E-state index contributed by atoms with van der Waals surface area (Å²) in [5, 5.41) is 3.42. The monoisotopic (exact) mass is 227 g/mol. The standard InChI is InChI=1S/C12H18FNS/c1-3-14-12(8-9-15-2)10-4-6-11(13)7-5-10/h4-7,12,14H,3,8-9H2,1-2H3. The molecule has 1 nitrogen and oxygen atoms in total. The molecule has 0 saturated heterocycles. The highest BCUT2D eigenvalue weighted by Gasteiger charge is 2.09. The molecule has 1 atom stereocenters. The van der Waals surface area contributed by atoms with Crippen molar-refractivity contribution >= 4 is 11.8 Å². The van der Waals surface area contributed by atoms with Crippen molar-refractivity contribution in [3.8, 4) is 0 Å². The van der Waals surface area contributed by atoms with Gasteiger partial charge in [0.1, 0.15) is 5.82 Å². The van der Waals surface area contributed by atoms with Crippen LogP contribution in [0, 0.1) is 5.82 Å². The molecule has 3 heteroatoms. The molecular weight excluding hydrogens is 209 g/mol. The Labute approximate surface area is 95.5 Å². The van der Waals surface area contributed by atoms with Crippen LogP contribution >= 0.6 is 11.8 Å². The molecular formula is C12H18FNS. The summed E-state index contributed by atoms with van der Waals surface area (Å²) in [5.74, 6) is 0.952. The number of hydrogen-bond acceptors (Lipinski definition) is 2. The molecule has 0 saturated carbocycles. The summed E-state index contributed by atoms with van der Waals surface area (Å²) < 4.78 is 12.8. The van der Waals surface area contributed by atoms with E-state index >= 15 is 0 Å². The first-order valence-electron chi connectivity index (χ1n) is 5.25. The van der Waals surface area contributed by atoms with Crippen LogP contribution in [0.15, 0.2) is 24.3 Å². The number of thioether (sulfide) groups is 1. The van der Waals surface area contributed by atoms with E-state index in [1.807, 2.05) is 23.9 Å². The van der Waals surface area contributed by atoms with Crippen LogP contribution < -0.4 is 5.32 Å². The van der Waals surface area contributed by atoms with Gasteiger partial charge in [0.25, 0.3) is 0 Å². The van der Waals surface area contributed by atoms with Gasteiger partial charge < -0.3 is 5.32 Å². The predicted octanol–water partition coefficient (Wildman–Crippen LogP) is 3.23. The SMILES string of the molecule is CCNC(CCSC)c1ccc(F)cc1. The lowest BCUT2D eigenvalue weighted by Crippen LogP contribution is -2.21. The van der Waals surface area contributed by atoms with Gasteiger partial charge in [-0.25, -0.2) is 4.39 Å². The average molecular weight is 227 g/mol. The Morgan fingerprint density at radius 2 is 2.00 bits per heavy atom. The minimum atomic E-state index is -0.168. The Balaban J connectivity index is 2.65. The van der Waals surface area contributed by atoms with E-state index in [4.69, 9.17) is 0 Å². The van der Waals surface area contributed by atoms with Crippen LogP contribution in [0.25, 0.3) is 0 Å². The highest BCUT2D eigenvalue weighted by atomic mass is 32.2. The van der Waals surface area contributed by atoms with E-state index in [1.54, 1.807) is 0 Å². The average Bonchev–Trinajstić information content (AvgIpc) is 2.25. The van der Waals surface area contributed by atoms with E-state index in [1.165, 1.54) is 17.7 Å². The summed E-state index contributed by atoms with van der Waals surface area (Å²) in [6, 6.07) is 7.13. The minimum absolute atomic E-state index is 0.168. The van der Waals surface area contributed by atoms with Gasteiger partial charge >= 0.3 is 0 Å². The summed E-state index contributed by atoms with van der Waals surface area (Å²) in [6.07, 6.45) is 3.19. The topological polar surface area (TPSA) is 12.0 Å². The molecule has 1 unspecified atom stereocenters. The Morgan fingerprint density at radius 1 is 1.33 bits per heavy atom. The zero-order valence-corrected chi connectivity index (χ0v) is 10.1. The minimum Gasteiger partial charge on any atom is -0.310 e. The molecule has 0 aliphatic carbocycles. The maximum Gasteiger partial charge on any atom is 0.123 e. The van der Waals surface area contributed by atoms with Gasteiger partial charge in [0.15, 0.2) is 0 Å². The van der Waals surface area contributed by atoms with Gasteiger partial charge in [-0.05, 0) is 42.7 Å². The molecule has 15 heavy (non-hydrogen) atoms. The van der Waals surface area contributed by atoms with Crippen molar-refractivity contribution in [2.45, 2.75) is 19.4 Å². The number of hydrogen-bond donors (Lipinski definition) is 1. The van der Waals surface area contributed by atoms with E-state index in [0.29, 0.717) is 6.04 Å². The number of nitrogens with one attached hydrogen (secondary N) is 1. The van der Waals surface area contributed by atoms with Gasteiger partial charge in [0.05, 0.1) is 0 Å². The molecule has 0 aromatic heterocycles. The lowest BCUT2D eigenvalue weighted by molar-refractivity contribution is 0.539. The van der Waals surface area contributed by atoms with Crippen LogP contribution in [0.5, 0.6) is 0 Å². The molecule has 0 aliphatic rings. The summed E-state index contributed by atoms with van der Waals surface area (Å²) in [7, 11) is 0. The van der Waals surface area contributed by atoms with Gasteiger partial charge in [-0.15, -0.1) is 0 Å². The molecule has 0 spiro atoms. The van der Waals surface area contributed by atoms with Crippen molar-refractivity contribution in [3.05, 3.63) is 35.6 Å². The highest BCUT2D eigenvalue weighted by molar-refractivity contribution is 7.98. The van der Waals surface area contributed by atoms with Gasteiger partial charge in [-0.3, -0.25) is 0 Å². The molecule has 0 heterocycles. The molecule has 1 aromatic carbocycles. The molecule has 1 aromatic rings. The van der Waals surface area contributed by atoms with Gasteiger partial charge in [0, 0.05) is 6.04 Å². The summed E-state index contributed by atoms with van der Waals surface area (Å²) in [5.41, 5.74) is 1.17. The molecule has 0 fully saturated rings. The highest BCUT2D eigenvalue weighted by Crippen LogP contribution is 2.18. The maximum absolute atomic E-state index is 12.8. The van der Waals surface area contributed by atoms with E-state index in [2.05, 4.69) is 18.5 Å². The zero-order chi connectivity index (χ0) is 11.1. The first-order valence-corrected chi connectivity index (χ1v) is 6.65. The van der Waals surface area contributed by atoms with Gasteiger partial charge in [0.2, 0.25) is 0 Å². The Kier molecular flexibility index (Phi) is 5.73.